The topological polar surface area (TPSA) is 59.0 Å². The molecule has 0 saturated carbocycles. The molecule has 0 unspecified atom stereocenters. The highest BCUT2D eigenvalue weighted by Crippen LogP contribution is 2.26. The summed E-state index contributed by atoms with van der Waals surface area (Å²) in [7, 11) is 0. The number of rotatable bonds is 3. The molecule has 5 nitrogen and oxygen atoms in total. The number of hydrogen-bond acceptors (Lipinski definition) is 4. The van der Waals surface area contributed by atoms with E-state index in [1.165, 1.54) is 0 Å². The van der Waals surface area contributed by atoms with Crippen LogP contribution >= 0.6 is 0 Å². The lowest BCUT2D eigenvalue weighted by Gasteiger charge is -2.21. The van der Waals surface area contributed by atoms with Gasteiger partial charge in [0.15, 0.2) is 0 Å². The number of ether oxygens (including phenoxy) is 2. The molecule has 3 rings (SSSR count). The first kappa shape index (κ1) is 14.4. The van der Waals surface area contributed by atoms with Gasteiger partial charge in [0, 0.05) is 31.7 Å². The predicted octanol–water partition coefficient (Wildman–Crippen LogP) is 1.33. The summed E-state index contributed by atoms with van der Waals surface area (Å²) in [5.74, 6) is 1.33. The molecule has 2 aliphatic heterocycles. The number of hydrogen-bond donors (Lipinski definition) is 1. The molecule has 1 amide bonds. The molecule has 0 radical (unpaired) electrons. The van der Waals surface area contributed by atoms with E-state index in [0.717, 1.165) is 29.9 Å². The van der Waals surface area contributed by atoms with Crippen LogP contribution in [0, 0.1) is 5.92 Å². The van der Waals surface area contributed by atoms with Crippen molar-refractivity contribution in [1.82, 2.24) is 4.90 Å². The van der Waals surface area contributed by atoms with Crippen LogP contribution in [0.15, 0.2) is 18.2 Å². The van der Waals surface area contributed by atoms with Crippen LogP contribution in [0.1, 0.15) is 24.0 Å². The van der Waals surface area contributed by atoms with Gasteiger partial charge < -0.3 is 19.5 Å². The van der Waals surface area contributed by atoms with Crippen molar-refractivity contribution >= 4 is 5.91 Å². The molecule has 0 aliphatic carbocycles. The second kappa shape index (κ2) is 6.45. The highest BCUT2D eigenvalue weighted by Gasteiger charge is 2.25. The van der Waals surface area contributed by atoms with Crippen molar-refractivity contribution < 1.29 is 19.4 Å². The summed E-state index contributed by atoms with van der Waals surface area (Å²) in [6.07, 6.45) is 1.52. The molecule has 2 heterocycles. The predicted molar refractivity (Wildman–Crippen MR) is 76.8 cm³/mol. The van der Waals surface area contributed by atoms with E-state index in [1.807, 2.05) is 23.1 Å². The monoisotopic (exact) mass is 291 g/mol. The Labute approximate surface area is 124 Å². The molecule has 1 saturated heterocycles. The van der Waals surface area contributed by atoms with Gasteiger partial charge in [-0.05, 0) is 30.0 Å². The molecule has 0 bridgehead atoms. The molecule has 0 aromatic heterocycles. The van der Waals surface area contributed by atoms with E-state index in [9.17, 15) is 9.90 Å². The van der Waals surface area contributed by atoms with Gasteiger partial charge in [0.05, 0.1) is 13.2 Å². The fourth-order valence-corrected chi connectivity index (χ4v) is 2.88. The van der Waals surface area contributed by atoms with Crippen molar-refractivity contribution in [3.63, 3.8) is 0 Å². The zero-order valence-electron chi connectivity index (χ0n) is 12.1. The Morgan fingerprint density at radius 1 is 1.38 bits per heavy atom. The minimum atomic E-state index is 0.000634. The molecule has 1 fully saturated rings. The average molecular weight is 291 g/mol. The van der Waals surface area contributed by atoms with Crippen LogP contribution in [-0.4, -0.2) is 42.3 Å². The first-order valence-corrected chi connectivity index (χ1v) is 7.47. The Bertz CT molecular complexity index is 511. The number of nitrogens with zero attached hydrogens (tertiary/aromatic N) is 1. The number of benzene rings is 1. The number of carbonyl (C=O) groups excluding carboxylic acids is 1. The lowest BCUT2D eigenvalue weighted by Crippen LogP contribution is -2.33. The van der Waals surface area contributed by atoms with Crippen LogP contribution in [-0.2, 0) is 22.7 Å². The summed E-state index contributed by atoms with van der Waals surface area (Å²) in [6, 6.07) is 5.64. The zero-order valence-corrected chi connectivity index (χ0v) is 12.1. The summed E-state index contributed by atoms with van der Waals surface area (Å²) in [4.78, 5) is 14.3. The van der Waals surface area contributed by atoms with Crippen molar-refractivity contribution in [2.24, 2.45) is 5.92 Å². The lowest BCUT2D eigenvalue weighted by atomic mass is 10.0. The van der Waals surface area contributed by atoms with Crippen molar-refractivity contribution in [2.45, 2.75) is 26.0 Å². The maximum absolute atomic E-state index is 12.4. The van der Waals surface area contributed by atoms with Gasteiger partial charge in [-0.2, -0.15) is 0 Å². The van der Waals surface area contributed by atoms with Crippen LogP contribution in [0.2, 0.25) is 0 Å². The standard InChI is InChI=1S/C16H21NO4/c18-10-12-1-2-15-14(7-12)9-17(4-6-21-15)16(19)8-13-3-5-20-11-13/h1-2,7,13,18H,3-6,8-11H2/t13-/m1/s1. The molecule has 1 aromatic carbocycles. The van der Waals surface area contributed by atoms with E-state index in [1.54, 1.807) is 0 Å². The van der Waals surface area contributed by atoms with E-state index in [-0.39, 0.29) is 12.5 Å². The SMILES string of the molecule is O=C(C[C@H]1CCOC1)N1CCOc2ccc(CO)cc2C1. The van der Waals surface area contributed by atoms with E-state index in [4.69, 9.17) is 9.47 Å². The van der Waals surface area contributed by atoms with Crippen molar-refractivity contribution in [3.05, 3.63) is 29.3 Å². The molecular formula is C16H21NO4. The van der Waals surface area contributed by atoms with E-state index in [2.05, 4.69) is 0 Å². The molecule has 114 valence electrons. The third kappa shape index (κ3) is 3.36. The number of fused-ring (bicyclic) bond motifs is 1. The van der Waals surface area contributed by atoms with Gasteiger partial charge in [-0.3, -0.25) is 4.79 Å². The Balaban J connectivity index is 1.70. The van der Waals surface area contributed by atoms with Crippen LogP contribution < -0.4 is 4.74 Å². The third-order valence-corrected chi connectivity index (χ3v) is 4.13. The van der Waals surface area contributed by atoms with Gasteiger partial charge in [-0.25, -0.2) is 0 Å². The maximum Gasteiger partial charge on any atom is 0.223 e. The number of amides is 1. The van der Waals surface area contributed by atoms with E-state index < -0.39 is 0 Å². The number of aliphatic hydroxyl groups excluding tert-OH is 1. The van der Waals surface area contributed by atoms with Crippen LogP contribution in [0.5, 0.6) is 5.75 Å². The fraction of sp³-hybridized carbons (Fsp3) is 0.562. The second-order valence-corrected chi connectivity index (χ2v) is 5.70. The molecule has 1 N–H and O–H groups in total. The van der Waals surface area contributed by atoms with Crippen LogP contribution in [0.25, 0.3) is 0 Å². The second-order valence-electron chi connectivity index (χ2n) is 5.70. The van der Waals surface area contributed by atoms with Gasteiger partial charge in [-0.15, -0.1) is 0 Å². The van der Waals surface area contributed by atoms with Crippen molar-refractivity contribution in [3.8, 4) is 5.75 Å². The van der Waals surface area contributed by atoms with Gasteiger partial charge >= 0.3 is 0 Å². The molecule has 0 spiro atoms. The average Bonchev–Trinajstić information content (AvgIpc) is 2.90. The smallest absolute Gasteiger partial charge is 0.223 e. The Kier molecular flexibility index (Phi) is 4.41. The summed E-state index contributed by atoms with van der Waals surface area (Å²) in [5, 5.41) is 9.24. The molecule has 21 heavy (non-hydrogen) atoms. The molecule has 2 aliphatic rings. The third-order valence-electron chi connectivity index (χ3n) is 4.13. The minimum Gasteiger partial charge on any atom is -0.491 e. The largest absolute Gasteiger partial charge is 0.491 e. The molecule has 1 atom stereocenters. The summed E-state index contributed by atoms with van der Waals surface area (Å²) in [5.41, 5.74) is 1.81. The number of aliphatic hydroxyl groups is 1. The van der Waals surface area contributed by atoms with Gasteiger partial charge in [-0.1, -0.05) is 6.07 Å². The highest BCUT2D eigenvalue weighted by atomic mass is 16.5. The Hall–Kier alpha value is -1.59. The van der Waals surface area contributed by atoms with Crippen LogP contribution in [0.4, 0.5) is 0 Å². The summed E-state index contributed by atoms with van der Waals surface area (Å²) in [6.45, 7) is 3.13. The van der Waals surface area contributed by atoms with Gasteiger partial charge in [0.1, 0.15) is 12.4 Å². The highest BCUT2D eigenvalue weighted by molar-refractivity contribution is 5.76. The van der Waals surface area contributed by atoms with Crippen LogP contribution in [0.3, 0.4) is 0 Å². The molecule has 5 heteroatoms. The lowest BCUT2D eigenvalue weighted by molar-refractivity contribution is -0.133. The normalized spacial score (nSPS) is 21.6. The van der Waals surface area contributed by atoms with Gasteiger partial charge in [0.25, 0.3) is 0 Å². The number of carbonyl (C=O) groups is 1. The van der Waals surface area contributed by atoms with Crippen molar-refractivity contribution in [1.29, 1.82) is 0 Å². The zero-order chi connectivity index (χ0) is 14.7. The van der Waals surface area contributed by atoms with E-state index >= 15 is 0 Å². The Morgan fingerprint density at radius 2 is 2.29 bits per heavy atom. The minimum absolute atomic E-state index is 0.000634. The quantitative estimate of drug-likeness (QED) is 0.912. The summed E-state index contributed by atoms with van der Waals surface area (Å²) < 4.78 is 11.0. The first-order valence-electron chi connectivity index (χ1n) is 7.47. The molecular weight excluding hydrogens is 270 g/mol. The van der Waals surface area contributed by atoms with Crippen molar-refractivity contribution in [2.75, 3.05) is 26.4 Å². The fourth-order valence-electron chi connectivity index (χ4n) is 2.88. The Morgan fingerprint density at radius 3 is 3.05 bits per heavy atom. The van der Waals surface area contributed by atoms with Gasteiger partial charge in [0.2, 0.25) is 5.91 Å². The maximum atomic E-state index is 12.4. The molecule has 1 aromatic rings. The first-order chi connectivity index (χ1) is 10.3. The summed E-state index contributed by atoms with van der Waals surface area (Å²) >= 11 is 0. The van der Waals surface area contributed by atoms with E-state index in [0.29, 0.717) is 38.6 Å².